The van der Waals surface area contributed by atoms with Crippen LogP contribution >= 0.6 is 15.9 Å². The van der Waals surface area contributed by atoms with Crippen LogP contribution in [0.1, 0.15) is 36.3 Å². The molecule has 18 heavy (non-hydrogen) atoms. The van der Waals surface area contributed by atoms with Crippen molar-refractivity contribution in [3.8, 4) is 0 Å². The van der Waals surface area contributed by atoms with Crippen molar-refractivity contribution in [1.29, 1.82) is 0 Å². The van der Waals surface area contributed by atoms with Gasteiger partial charge in [-0.1, -0.05) is 28.1 Å². The lowest BCUT2D eigenvalue weighted by molar-refractivity contribution is -0.137. The van der Waals surface area contributed by atoms with Crippen LogP contribution < -0.4 is 0 Å². The van der Waals surface area contributed by atoms with E-state index in [1.165, 1.54) is 11.1 Å². The third kappa shape index (κ3) is 3.56. The minimum atomic E-state index is -0.728. The second-order valence-corrected chi connectivity index (χ2v) is 5.52. The highest BCUT2D eigenvalue weighted by Crippen LogP contribution is 2.31. The van der Waals surface area contributed by atoms with Crippen molar-refractivity contribution in [3.05, 3.63) is 33.8 Å². The zero-order chi connectivity index (χ0) is 13.0. The van der Waals surface area contributed by atoms with Gasteiger partial charge in [0.2, 0.25) is 0 Å². The molecule has 0 spiro atoms. The van der Waals surface area contributed by atoms with E-state index in [0.717, 1.165) is 30.5 Å². The Morgan fingerprint density at radius 1 is 1.50 bits per heavy atom. The van der Waals surface area contributed by atoms with E-state index in [9.17, 15) is 4.79 Å². The lowest BCUT2D eigenvalue weighted by atomic mass is 9.96. The fourth-order valence-corrected chi connectivity index (χ4v) is 3.03. The number of halogens is 1. The molecule has 1 fully saturated rings. The van der Waals surface area contributed by atoms with Crippen molar-refractivity contribution >= 4 is 21.9 Å². The summed E-state index contributed by atoms with van der Waals surface area (Å²) in [4.78, 5) is 10.5. The minimum absolute atomic E-state index is 0.232. The molecule has 1 aromatic rings. The molecular formula is C14H17BrO3. The maximum Gasteiger partial charge on any atom is 0.303 e. The maximum atomic E-state index is 10.5. The van der Waals surface area contributed by atoms with Gasteiger partial charge < -0.3 is 9.84 Å². The molecule has 0 radical (unpaired) electrons. The molecule has 0 bridgehead atoms. The molecule has 1 aromatic carbocycles. The molecule has 1 aliphatic heterocycles. The normalized spacial score (nSPS) is 19.1. The van der Waals surface area contributed by atoms with Crippen LogP contribution in [0.15, 0.2) is 22.7 Å². The number of carbonyl (C=O) groups is 1. The molecule has 1 aliphatic rings. The highest BCUT2D eigenvalue weighted by atomic mass is 79.9. The van der Waals surface area contributed by atoms with Crippen LogP contribution in [0.4, 0.5) is 0 Å². The number of hydrogen-bond acceptors (Lipinski definition) is 2. The number of carboxylic acids is 1. The predicted molar refractivity (Wildman–Crippen MR) is 72.9 cm³/mol. The van der Waals surface area contributed by atoms with Crippen molar-refractivity contribution in [2.24, 2.45) is 0 Å². The van der Waals surface area contributed by atoms with Crippen LogP contribution in [0.25, 0.3) is 0 Å². The highest BCUT2D eigenvalue weighted by molar-refractivity contribution is 9.10. The number of benzene rings is 1. The van der Waals surface area contributed by atoms with Crippen LogP contribution in [0.2, 0.25) is 0 Å². The molecule has 2 rings (SSSR count). The van der Waals surface area contributed by atoms with E-state index in [1.54, 1.807) is 0 Å². The molecule has 0 amide bonds. The van der Waals surface area contributed by atoms with Crippen molar-refractivity contribution in [2.75, 3.05) is 13.2 Å². The summed E-state index contributed by atoms with van der Waals surface area (Å²) in [6.45, 7) is 1.65. The van der Waals surface area contributed by atoms with Gasteiger partial charge >= 0.3 is 5.97 Å². The lowest BCUT2D eigenvalue weighted by Crippen LogP contribution is -2.00. The fraction of sp³-hybridized carbons (Fsp3) is 0.500. The second kappa shape index (κ2) is 6.34. The van der Waals surface area contributed by atoms with Crippen molar-refractivity contribution < 1.29 is 14.6 Å². The number of carboxylic acid groups (broad SMARTS) is 1. The Hall–Kier alpha value is -0.870. The molecule has 1 unspecified atom stereocenters. The van der Waals surface area contributed by atoms with Crippen molar-refractivity contribution in [2.45, 2.75) is 31.6 Å². The van der Waals surface area contributed by atoms with Gasteiger partial charge in [-0.25, -0.2) is 0 Å². The Balaban J connectivity index is 1.98. The Morgan fingerprint density at radius 2 is 2.33 bits per heavy atom. The summed E-state index contributed by atoms with van der Waals surface area (Å²) in [5.74, 6) is -0.235. The van der Waals surface area contributed by atoms with Gasteiger partial charge in [0, 0.05) is 23.4 Å². The molecule has 0 aromatic heterocycles. The molecule has 1 N–H and O–H groups in total. The standard InChI is InChI=1S/C14H17BrO3/c15-13-8-10(2-1-3-14(16)17)4-5-12(13)11-6-7-18-9-11/h4-5,8,11H,1-3,6-7,9H2,(H,16,17). The summed E-state index contributed by atoms with van der Waals surface area (Å²) < 4.78 is 6.52. The number of aryl methyl sites for hydroxylation is 1. The minimum Gasteiger partial charge on any atom is -0.481 e. The van der Waals surface area contributed by atoms with E-state index in [0.29, 0.717) is 12.3 Å². The van der Waals surface area contributed by atoms with Crippen LogP contribution in [0, 0.1) is 0 Å². The first-order valence-electron chi connectivity index (χ1n) is 6.24. The quantitative estimate of drug-likeness (QED) is 0.906. The summed E-state index contributed by atoms with van der Waals surface area (Å²) in [7, 11) is 0. The summed E-state index contributed by atoms with van der Waals surface area (Å²) in [6, 6.07) is 6.34. The van der Waals surface area contributed by atoms with Gasteiger partial charge in [0.1, 0.15) is 0 Å². The molecule has 3 nitrogen and oxygen atoms in total. The molecule has 0 aliphatic carbocycles. The molecular weight excluding hydrogens is 296 g/mol. The zero-order valence-corrected chi connectivity index (χ0v) is 11.8. The third-order valence-corrected chi connectivity index (χ3v) is 3.98. The average molecular weight is 313 g/mol. The summed E-state index contributed by atoms with van der Waals surface area (Å²) in [6.07, 6.45) is 2.81. The van der Waals surface area contributed by atoms with Crippen LogP contribution in [-0.2, 0) is 16.0 Å². The van der Waals surface area contributed by atoms with Gasteiger partial charge in [0.05, 0.1) is 6.61 Å². The van der Waals surface area contributed by atoms with Crippen LogP contribution in [0.5, 0.6) is 0 Å². The third-order valence-electron chi connectivity index (χ3n) is 3.29. The van der Waals surface area contributed by atoms with Crippen LogP contribution in [-0.4, -0.2) is 24.3 Å². The van der Waals surface area contributed by atoms with E-state index in [2.05, 4.69) is 34.1 Å². The predicted octanol–water partition coefficient (Wildman–Crippen LogP) is 3.36. The highest BCUT2D eigenvalue weighted by Gasteiger charge is 2.19. The SMILES string of the molecule is O=C(O)CCCc1ccc(C2CCOC2)c(Br)c1. The zero-order valence-electron chi connectivity index (χ0n) is 10.2. The molecule has 4 heteroatoms. The fourth-order valence-electron chi connectivity index (χ4n) is 2.28. The number of hydrogen-bond donors (Lipinski definition) is 1. The molecule has 1 saturated heterocycles. The number of ether oxygens (including phenoxy) is 1. The lowest BCUT2D eigenvalue weighted by Gasteiger charge is -2.12. The van der Waals surface area contributed by atoms with E-state index in [4.69, 9.17) is 9.84 Å². The summed E-state index contributed by atoms with van der Waals surface area (Å²) >= 11 is 3.61. The van der Waals surface area contributed by atoms with Gasteiger partial charge in [-0.05, 0) is 36.5 Å². The summed E-state index contributed by atoms with van der Waals surface area (Å²) in [5.41, 5.74) is 2.49. The maximum absolute atomic E-state index is 10.5. The van der Waals surface area contributed by atoms with Gasteiger partial charge in [0.25, 0.3) is 0 Å². The first-order chi connectivity index (χ1) is 8.66. The number of aliphatic carboxylic acids is 1. The van der Waals surface area contributed by atoms with Gasteiger partial charge in [-0.2, -0.15) is 0 Å². The van der Waals surface area contributed by atoms with E-state index in [-0.39, 0.29) is 6.42 Å². The molecule has 1 heterocycles. The first-order valence-corrected chi connectivity index (χ1v) is 7.04. The van der Waals surface area contributed by atoms with Crippen LogP contribution in [0.3, 0.4) is 0 Å². The second-order valence-electron chi connectivity index (χ2n) is 4.66. The average Bonchev–Trinajstić information content (AvgIpc) is 2.82. The van der Waals surface area contributed by atoms with Gasteiger partial charge in [-0.3, -0.25) is 4.79 Å². The Kier molecular flexibility index (Phi) is 4.78. The van der Waals surface area contributed by atoms with Gasteiger partial charge in [0.15, 0.2) is 0 Å². The Labute approximate surface area is 115 Å². The van der Waals surface area contributed by atoms with Gasteiger partial charge in [-0.15, -0.1) is 0 Å². The molecule has 98 valence electrons. The molecule has 1 atom stereocenters. The van der Waals surface area contributed by atoms with Crippen molar-refractivity contribution in [1.82, 2.24) is 0 Å². The van der Waals surface area contributed by atoms with E-state index < -0.39 is 5.97 Å². The monoisotopic (exact) mass is 312 g/mol. The van der Waals surface area contributed by atoms with E-state index >= 15 is 0 Å². The molecule has 0 saturated carbocycles. The van der Waals surface area contributed by atoms with Crippen molar-refractivity contribution in [3.63, 3.8) is 0 Å². The number of rotatable bonds is 5. The topological polar surface area (TPSA) is 46.5 Å². The largest absolute Gasteiger partial charge is 0.481 e. The Bertz CT molecular complexity index is 425. The Morgan fingerprint density at radius 3 is 2.94 bits per heavy atom. The smallest absolute Gasteiger partial charge is 0.303 e. The van der Waals surface area contributed by atoms with E-state index in [1.807, 2.05) is 0 Å². The summed E-state index contributed by atoms with van der Waals surface area (Å²) in [5, 5.41) is 8.61. The first kappa shape index (κ1) is 13.6.